The minimum Gasteiger partial charge on any atom is -0.319 e. The summed E-state index contributed by atoms with van der Waals surface area (Å²) in [5.74, 6) is -4.89. The lowest BCUT2D eigenvalue weighted by molar-refractivity contribution is -0.144. The largest absolute Gasteiger partial charge is 0.326 e. The smallest absolute Gasteiger partial charge is 0.319 e. The molecule has 6 heteroatoms. The molecule has 1 rings (SSSR count). The summed E-state index contributed by atoms with van der Waals surface area (Å²) in [4.78, 5) is 0. The molecule has 0 aliphatic rings. The first kappa shape index (κ1) is 13.9. The van der Waals surface area contributed by atoms with Gasteiger partial charge in [-0.2, -0.15) is 8.78 Å². The van der Waals surface area contributed by atoms with Gasteiger partial charge in [-0.25, -0.2) is 13.2 Å². The van der Waals surface area contributed by atoms with Gasteiger partial charge in [-0.05, 0) is 30.5 Å². The van der Waals surface area contributed by atoms with Crippen LogP contribution >= 0.6 is 0 Å². The number of rotatable bonds is 3. The normalized spacial score (nSPS) is 14.2. The van der Waals surface area contributed by atoms with Crippen molar-refractivity contribution in [2.45, 2.75) is 32.2 Å². The highest BCUT2D eigenvalue weighted by Crippen LogP contribution is 2.35. The molecule has 1 atom stereocenters. The first-order valence-corrected chi connectivity index (χ1v) is 4.86. The summed E-state index contributed by atoms with van der Waals surface area (Å²) in [6, 6.07) is -0.0347. The van der Waals surface area contributed by atoms with Crippen molar-refractivity contribution in [2.24, 2.45) is 5.73 Å². The molecule has 1 aromatic rings. The average Bonchev–Trinajstić information content (AvgIpc) is 2.23. The Morgan fingerprint density at radius 1 is 1.12 bits per heavy atom. The van der Waals surface area contributed by atoms with Crippen LogP contribution < -0.4 is 5.73 Å². The fraction of sp³-hybridized carbons (Fsp3) is 0.455. The molecule has 0 aliphatic carbocycles. The van der Waals surface area contributed by atoms with E-state index in [9.17, 15) is 22.0 Å². The SMILES string of the molecule is Cc1cc(C(N)C(F)(F)C(F)F)cc(C)c1F. The number of alkyl halides is 4. The van der Waals surface area contributed by atoms with Crippen molar-refractivity contribution in [3.63, 3.8) is 0 Å². The Balaban J connectivity index is 3.18. The zero-order valence-corrected chi connectivity index (χ0v) is 9.28. The molecular formula is C11H12F5N. The molecular weight excluding hydrogens is 241 g/mol. The van der Waals surface area contributed by atoms with Crippen molar-refractivity contribution in [1.29, 1.82) is 0 Å². The van der Waals surface area contributed by atoms with Gasteiger partial charge in [0.1, 0.15) is 11.9 Å². The number of hydrogen-bond donors (Lipinski definition) is 1. The number of nitrogens with two attached hydrogens (primary N) is 1. The monoisotopic (exact) mass is 253 g/mol. The predicted octanol–water partition coefficient (Wildman–Crippen LogP) is 3.34. The molecule has 0 bridgehead atoms. The van der Waals surface area contributed by atoms with Crippen molar-refractivity contribution in [3.8, 4) is 0 Å². The van der Waals surface area contributed by atoms with Crippen molar-refractivity contribution in [2.75, 3.05) is 0 Å². The van der Waals surface area contributed by atoms with Crippen molar-refractivity contribution < 1.29 is 22.0 Å². The summed E-state index contributed by atoms with van der Waals surface area (Å²) in [5.41, 5.74) is 5.10. The maximum atomic E-state index is 13.3. The van der Waals surface area contributed by atoms with Crippen LogP contribution in [0.5, 0.6) is 0 Å². The van der Waals surface area contributed by atoms with E-state index >= 15 is 0 Å². The molecule has 1 aromatic carbocycles. The second kappa shape index (κ2) is 4.60. The van der Waals surface area contributed by atoms with Crippen LogP contribution in [0.3, 0.4) is 0 Å². The van der Waals surface area contributed by atoms with E-state index in [0.717, 1.165) is 12.1 Å². The van der Waals surface area contributed by atoms with E-state index in [0.29, 0.717) is 0 Å². The minimum absolute atomic E-state index is 0.0977. The molecule has 2 N–H and O–H groups in total. The molecule has 0 saturated heterocycles. The van der Waals surface area contributed by atoms with Crippen LogP contribution in [0.2, 0.25) is 0 Å². The van der Waals surface area contributed by atoms with E-state index in [1.165, 1.54) is 13.8 Å². The van der Waals surface area contributed by atoms with E-state index in [2.05, 4.69) is 0 Å². The van der Waals surface area contributed by atoms with Crippen LogP contribution in [0.25, 0.3) is 0 Å². The Morgan fingerprint density at radius 2 is 1.53 bits per heavy atom. The van der Waals surface area contributed by atoms with Gasteiger partial charge in [-0.15, -0.1) is 0 Å². The third-order valence-corrected chi connectivity index (χ3v) is 2.52. The molecule has 1 nitrogen and oxygen atoms in total. The fourth-order valence-corrected chi connectivity index (χ4v) is 1.52. The number of aryl methyl sites for hydroxylation is 2. The van der Waals surface area contributed by atoms with Gasteiger partial charge >= 0.3 is 12.3 Å². The van der Waals surface area contributed by atoms with E-state index in [1.54, 1.807) is 0 Å². The summed E-state index contributed by atoms with van der Waals surface area (Å²) < 4.78 is 63.5. The van der Waals surface area contributed by atoms with Crippen LogP contribution in [0.4, 0.5) is 22.0 Å². The fourth-order valence-electron chi connectivity index (χ4n) is 1.52. The van der Waals surface area contributed by atoms with Crippen molar-refractivity contribution in [3.05, 3.63) is 34.6 Å². The summed E-state index contributed by atoms with van der Waals surface area (Å²) in [6.45, 7) is 2.72. The van der Waals surface area contributed by atoms with E-state index in [1.807, 2.05) is 0 Å². The maximum absolute atomic E-state index is 13.3. The van der Waals surface area contributed by atoms with E-state index < -0.39 is 24.2 Å². The number of halogens is 5. The Bertz CT molecular complexity index is 393. The molecule has 96 valence electrons. The third-order valence-electron chi connectivity index (χ3n) is 2.52. The van der Waals surface area contributed by atoms with Gasteiger partial charge in [-0.1, -0.05) is 12.1 Å². The summed E-state index contributed by atoms with van der Waals surface area (Å²) >= 11 is 0. The molecule has 0 spiro atoms. The van der Waals surface area contributed by atoms with Crippen molar-refractivity contribution >= 4 is 0 Å². The van der Waals surface area contributed by atoms with Crippen LogP contribution in [-0.2, 0) is 0 Å². The van der Waals surface area contributed by atoms with Crippen LogP contribution in [-0.4, -0.2) is 12.3 Å². The summed E-state index contributed by atoms with van der Waals surface area (Å²) in [7, 11) is 0. The molecule has 0 aliphatic heterocycles. The van der Waals surface area contributed by atoms with Crippen molar-refractivity contribution in [1.82, 2.24) is 0 Å². The van der Waals surface area contributed by atoms with Gasteiger partial charge in [0.05, 0.1) is 0 Å². The highest BCUT2D eigenvalue weighted by atomic mass is 19.3. The van der Waals surface area contributed by atoms with E-state index in [-0.39, 0.29) is 16.7 Å². The Morgan fingerprint density at radius 3 is 1.88 bits per heavy atom. The van der Waals surface area contributed by atoms with Gasteiger partial charge in [-0.3, -0.25) is 0 Å². The summed E-state index contributed by atoms with van der Waals surface area (Å²) in [5, 5.41) is 0. The number of hydrogen-bond acceptors (Lipinski definition) is 1. The Kier molecular flexibility index (Phi) is 3.76. The average molecular weight is 253 g/mol. The zero-order valence-electron chi connectivity index (χ0n) is 9.28. The Labute approximate surface area is 95.4 Å². The molecule has 0 aromatic heterocycles. The lowest BCUT2D eigenvalue weighted by atomic mass is 9.97. The molecule has 0 radical (unpaired) electrons. The van der Waals surface area contributed by atoms with Crippen LogP contribution in [0.1, 0.15) is 22.7 Å². The zero-order chi connectivity index (χ0) is 13.4. The Hall–Kier alpha value is -1.17. The molecule has 1 unspecified atom stereocenters. The molecule has 0 heterocycles. The third kappa shape index (κ3) is 2.57. The van der Waals surface area contributed by atoms with Crippen LogP contribution in [0, 0.1) is 19.7 Å². The second-order valence-electron chi connectivity index (χ2n) is 3.92. The van der Waals surface area contributed by atoms with Gasteiger partial charge in [0.25, 0.3) is 0 Å². The molecule has 0 saturated carbocycles. The minimum atomic E-state index is -4.34. The van der Waals surface area contributed by atoms with E-state index in [4.69, 9.17) is 5.73 Å². The highest BCUT2D eigenvalue weighted by molar-refractivity contribution is 5.33. The standard InChI is InChI=1S/C11H12F5N/c1-5-3-7(4-6(2)8(5)12)9(17)11(15,16)10(13)14/h3-4,9-10H,17H2,1-2H3. The summed E-state index contributed by atoms with van der Waals surface area (Å²) in [6.07, 6.45) is -3.86. The molecule has 17 heavy (non-hydrogen) atoms. The molecule has 0 fully saturated rings. The topological polar surface area (TPSA) is 26.0 Å². The second-order valence-corrected chi connectivity index (χ2v) is 3.92. The predicted molar refractivity (Wildman–Crippen MR) is 53.8 cm³/mol. The van der Waals surface area contributed by atoms with Gasteiger partial charge in [0.15, 0.2) is 0 Å². The van der Waals surface area contributed by atoms with Gasteiger partial charge < -0.3 is 5.73 Å². The molecule has 0 amide bonds. The quantitative estimate of drug-likeness (QED) is 0.821. The number of benzene rings is 1. The van der Waals surface area contributed by atoms with Crippen LogP contribution in [0.15, 0.2) is 12.1 Å². The van der Waals surface area contributed by atoms with Gasteiger partial charge in [0.2, 0.25) is 0 Å². The lowest BCUT2D eigenvalue weighted by Gasteiger charge is -2.23. The first-order chi connectivity index (χ1) is 7.67. The maximum Gasteiger partial charge on any atom is 0.326 e. The van der Waals surface area contributed by atoms with Gasteiger partial charge in [0, 0.05) is 0 Å². The first-order valence-electron chi connectivity index (χ1n) is 4.86. The lowest BCUT2D eigenvalue weighted by Crippen LogP contribution is -2.39. The highest BCUT2D eigenvalue weighted by Gasteiger charge is 2.47.